The molecule has 0 bridgehead atoms. The van der Waals surface area contributed by atoms with Crippen LogP contribution < -0.4 is 10.6 Å². The zero-order chi connectivity index (χ0) is 20.6. The van der Waals surface area contributed by atoms with Crippen molar-refractivity contribution in [2.45, 2.75) is 25.7 Å². The molecular weight excluding hydrogens is 456 g/mol. The van der Waals surface area contributed by atoms with Crippen molar-refractivity contribution < 1.29 is 14.4 Å². The first-order valence-electron chi connectivity index (χ1n) is 9.53. The van der Waals surface area contributed by atoms with Gasteiger partial charge in [-0.05, 0) is 58.8 Å². The quantitative estimate of drug-likeness (QED) is 0.597. The van der Waals surface area contributed by atoms with E-state index < -0.39 is 0 Å². The topological polar surface area (TPSA) is 91.4 Å². The molecule has 29 heavy (non-hydrogen) atoms. The second-order valence-electron chi connectivity index (χ2n) is 6.88. The van der Waals surface area contributed by atoms with E-state index in [1.807, 2.05) is 16.3 Å². The van der Waals surface area contributed by atoms with Gasteiger partial charge in [0.05, 0.1) is 0 Å². The summed E-state index contributed by atoms with van der Waals surface area (Å²) < 4.78 is 0.855. The van der Waals surface area contributed by atoms with Crippen LogP contribution in [0.4, 0.5) is 5.82 Å². The van der Waals surface area contributed by atoms with Crippen LogP contribution in [0.1, 0.15) is 36.0 Å². The molecule has 0 unspecified atom stereocenters. The molecule has 0 aliphatic carbocycles. The molecule has 0 saturated carbocycles. The van der Waals surface area contributed by atoms with Gasteiger partial charge in [-0.3, -0.25) is 14.4 Å². The molecule has 3 amide bonds. The van der Waals surface area contributed by atoms with Crippen LogP contribution >= 0.6 is 27.3 Å². The van der Waals surface area contributed by atoms with Gasteiger partial charge < -0.3 is 15.5 Å². The average Bonchev–Trinajstić information content (AvgIpc) is 3.28. The number of hydrogen-bond acceptors (Lipinski definition) is 5. The van der Waals surface area contributed by atoms with Gasteiger partial charge in [-0.1, -0.05) is 0 Å². The second kappa shape index (κ2) is 10.5. The molecule has 2 N–H and O–H groups in total. The minimum absolute atomic E-state index is 0.0527. The summed E-state index contributed by atoms with van der Waals surface area (Å²) >= 11 is 4.79. The monoisotopic (exact) mass is 478 g/mol. The zero-order valence-corrected chi connectivity index (χ0v) is 18.3. The smallest absolute Gasteiger partial charge is 0.252 e. The van der Waals surface area contributed by atoms with Gasteiger partial charge in [0.2, 0.25) is 11.8 Å². The highest BCUT2D eigenvalue weighted by Crippen LogP contribution is 2.20. The number of likely N-dealkylation sites (tertiary alicyclic amines) is 1. The number of amides is 3. The van der Waals surface area contributed by atoms with Crippen molar-refractivity contribution >= 4 is 50.8 Å². The Morgan fingerprint density at radius 3 is 2.66 bits per heavy atom. The molecule has 7 nitrogen and oxygen atoms in total. The fourth-order valence-electron chi connectivity index (χ4n) is 3.16. The maximum atomic E-state index is 12.4. The predicted octanol–water partition coefficient (Wildman–Crippen LogP) is 3.29. The van der Waals surface area contributed by atoms with E-state index in [1.54, 1.807) is 23.7 Å². The second-order valence-corrected chi connectivity index (χ2v) is 8.57. The number of carbonyl (C=O) groups excluding carboxylic acids is 3. The first-order chi connectivity index (χ1) is 14.0. The van der Waals surface area contributed by atoms with Gasteiger partial charge in [0.25, 0.3) is 5.91 Å². The molecule has 154 valence electrons. The Morgan fingerprint density at radius 2 is 2.00 bits per heavy atom. The maximum Gasteiger partial charge on any atom is 0.252 e. The fraction of sp³-hybridized carbons (Fsp3) is 0.400. The van der Waals surface area contributed by atoms with Crippen molar-refractivity contribution in [3.8, 4) is 0 Å². The highest BCUT2D eigenvalue weighted by Gasteiger charge is 2.27. The van der Waals surface area contributed by atoms with Crippen molar-refractivity contribution in [3.05, 3.63) is 45.2 Å². The third kappa shape index (κ3) is 6.37. The first-order valence-corrected chi connectivity index (χ1v) is 11.3. The Bertz CT molecular complexity index is 834. The number of nitrogens with zero attached hydrogens (tertiary/aromatic N) is 2. The number of nitrogens with one attached hydrogen (secondary N) is 2. The number of anilines is 1. The van der Waals surface area contributed by atoms with Gasteiger partial charge in [0.15, 0.2) is 0 Å². The summed E-state index contributed by atoms with van der Waals surface area (Å²) in [6.07, 6.45) is 3.92. The maximum absolute atomic E-state index is 12.4. The Morgan fingerprint density at radius 1 is 1.21 bits per heavy atom. The largest absolute Gasteiger partial charge is 0.352 e. The molecular formula is C20H23BrN4O3S. The minimum Gasteiger partial charge on any atom is -0.352 e. The van der Waals surface area contributed by atoms with Crippen LogP contribution in [-0.4, -0.2) is 47.2 Å². The van der Waals surface area contributed by atoms with Crippen LogP contribution in [0, 0.1) is 5.92 Å². The molecule has 1 fully saturated rings. The highest BCUT2D eigenvalue weighted by atomic mass is 79.9. The summed E-state index contributed by atoms with van der Waals surface area (Å²) in [6, 6.07) is 5.35. The van der Waals surface area contributed by atoms with Crippen molar-refractivity contribution in [1.82, 2.24) is 15.2 Å². The Kier molecular flexibility index (Phi) is 7.76. The lowest BCUT2D eigenvalue weighted by Gasteiger charge is -2.31. The molecule has 0 aromatic carbocycles. The van der Waals surface area contributed by atoms with Gasteiger partial charge >= 0.3 is 0 Å². The lowest BCUT2D eigenvalue weighted by Crippen LogP contribution is -2.41. The number of piperidine rings is 1. The normalized spacial score (nSPS) is 14.4. The van der Waals surface area contributed by atoms with Crippen molar-refractivity contribution in [2.75, 3.05) is 25.0 Å². The lowest BCUT2D eigenvalue weighted by molar-refractivity contribution is -0.134. The first kappa shape index (κ1) is 21.4. The number of hydrogen-bond donors (Lipinski definition) is 2. The molecule has 0 radical (unpaired) electrons. The van der Waals surface area contributed by atoms with E-state index in [9.17, 15) is 14.4 Å². The van der Waals surface area contributed by atoms with Crippen molar-refractivity contribution in [1.29, 1.82) is 0 Å². The van der Waals surface area contributed by atoms with Gasteiger partial charge in [-0.15, -0.1) is 0 Å². The van der Waals surface area contributed by atoms with E-state index in [0.717, 1.165) is 4.47 Å². The predicted molar refractivity (Wildman–Crippen MR) is 116 cm³/mol. The summed E-state index contributed by atoms with van der Waals surface area (Å²) in [5, 5.41) is 9.32. The van der Waals surface area contributed by atoms with Crippen LogP contribution in [0.25, 0.3) is 0 Å². The van der Waals surface area contributed by atoms with Crippen LogP contribution in [0.3, 0.4) is 0 Å². The van der Waals surface area contributed by atoms with Gasteiger partial charge in [0, 0.05) is 53.6 Å². The van der Waals surface area contributed by atoms with E-state index >= 15 is 0 Å². The van der Waals surface area contributed by atoms with Crippen LogP contribution in [-0.2, 0) is 9.59 Å². The van der Waals surface area contributed by atoms with Gasteiger partial charge in [-0.2, -0.15) is 11.3 Å². The van der Waals surface area contributed by atoms with E-state index in [4.69, 9.17) is 0 Å². The Labute approximate surface area is 182 Å². The van der Waals surface area contributed by atoms with Crippen molar-refractivity contribution in [2.24, 2.45) is 5.92 Å². The van der Waals surface area contributed by atoms with Crippen LogP contribution in [0.5, 0.6) is 0 Å². The number of pyridine rings is 1. The molecule has 0 atom stereocenters. The minimum atomic E-state index is -0.116. The molecule has 9 heteroatoms. The Hall–Kier alpha value is -2.26. The number of thiophene rings is 1. The third-order valence-corrected chi connectivity index (χ3v) is 5.99. The SMILES string of the molecule is O=C(NCCCC(=O)N1CCC(C(=O)Nc2ccc(Br)cn2)CC1)c1ccsc1. The number of halogens is 1. The number of carbonyl (C=O) groups is 3. The van der Waals surface area contributed by atoms with E-state index in [-0.39, 0.29) is 23.6 Å². The van der Waals surface area contributed by atoms with Gasteiger partial charge in [-0.25, -0.2) is 4.98 Å². The molecule has 2 aromatic rings. The van der Waals surface area contributed by atoms with Gasteiger partial charge in [0.1, 0.15) is 5.82 Å². The number of rotatable bonds is 7. The molecule has 1 aliphatic heterocycles. The van der Waals surface area contributed by atoms with Crippen LogP contribution in [0.2, 0.25) is 0 Å². The molecule has 1 aliphatic rings. The molecule has 3 heterocycles. The summed E-state index contributed by atoms with van der Waals surface area (Å²) in [5.41, 5.74) is 0.653. The number of aromatic nitrogens is 1. The van der Waals surface area contributed by atoms with E-state index in [1.165, 1.54) is 11.3 Å². The summed E-state index contributed by atoms with van der Waals surface area (Å²) in [4.78, 5) is 42.6. The summed E-state index contributed by atoms with van der Waals surface area (Å²) in [5.74, 6) is 0.327. The highest BCUT2D eigenvalue weighted by molar-refractivity contribution is 9.10. The molecule has 2 aromatic heterocycles. The average molecular weight is 479 g/mol. The van der Waals surface area contributed by atoms with E-state index in [0.29, 0.717) is 56.7 Å². The molecule has 0 spiro atoms. The zero-order valence-electron chi connectivity index (χ0n) is 15.9. The standard InChI is InChI=1S/C20H23BrN4O3S/c21-16-3-4-17(23-12-16)24-20(28)14-5-9-25(10-6-14)18(26)2-1-8-22-19(27)15-7-11-29-13-15/h3-4,7,11-14H,1-2,5-6,8-10H2,(H,22,27)(H,23,24,28). The lowest BCUT2D eigenvalue weighted by atomic mass is 9.95. The summed E-state index contributed by atoms with van der Waals surface area (Å²) in [7, 11) is 0. The van der Waals surface area contributed by atoms with Crippen LogP contribution in [0.15, 0.2) is 39.6 Å². The molecule has 1 saturated heterocycles. The van der Waals surface area contributed by atoms with E-state index in [2.05, 4.69) is 31.5 Å². The third-order valence-electron chi connectivity index (χ3n) is 4.83. The van der Waals surface area contributed by atoms with Crippen molar-refractivity contribution in [3.63, 3.8) is 0 Å². The molecule has 3 rings (SSSR count). The summed E-state index contributed by atoms with van der Waals surface area (Å²) in [6.45, 7) is 1.62. The fourth-order valence-corrected chi connectivity index (χ4v) is 4.04. The Balaban J connectivity index is 1.34.